The number of para-hydroxylation sites is 1. The SMILES string of the molecule is O=S(=O)(Nc1ccc(/C=C/c2nc3ccccc3s2)cc1)c1cccc(C(F)(F)F)c1. The highest BCUT2D eigenvalue weighted by Crippen LogP contribution is 2.31. The summed E-state index contributed by atoms with van der Waals surface area (Å²) >= 11 is 1.56. The lowest BCUT2D eigenvalue weighted by Gasteiger charge is -2.11. The second-order valence-corrected chi connectivity index (χ2v) is 9.35. The molecule has 0 aliphatic heterocycles. The molecule has 0 aliphatic rings. The highest BCUT2D eigenvalue weighted by Gasteiger charge is 2.31. The van der Waals surface area contributed by atoms with E-state index in [2.05, 4.69) is 9.71 Å². The van der Waals surface area contributed by atoms with E-state index in [1.54, 1.807) is 35.6 Å². The molecule has 0 saturated heterocycles. The predicted molar refractivity (Wildman–Crippen MR) is 117 cm³/mol. The number of aromatic nitrogens is 1. The van der Waals surface area contributed by atoms with Gasteiger partial charge in [-0.25, -0.2) is 13.4 Å². The minimum atomic E-state index is -4.62. The van der Waals surface area contributed by atoms with Crippen LogP contribution in [-0.2, 0) is 16.2 Å². The summed E-state index contributed by atoms with van der Waals surface area (Å²) in [5.74, 6) is 0. The number of thiazole rings is 1. The van der Waals surface area contributed by atoms with Gasteiger partial charge < -0.3 is 0 Å². The van der Waals surface area contributed by atoms with E-state index in [0.717, 1.165) is 39.0 Å². The van der Waals surface area contributed by atoms with Gasteiger partial charge in [-0.05, 0) is 54.1 Å². The molecule has 0 amide bonds. The topological polar surface area (TPSA) is 59.1 Å². The van der Waals surface area contributed by atoms with Crippen LogP contribution < -0.4 is 4.72 Å². The van der Waals surface area contributed by atoms with Crippen molar-refractivity contribution < 1.29 is 21.6 Å². The van der Waals surface area contributed by atoms with Gasteiger partial charge in [-0.1, -0.05) is 36.4 Å². The zero-order valence-electron chi connectivity index (χ0n) is 15.8. The number of alkyl halides is 3. The molecule has 31 heavy (non-hydrogen) atoms. The summed E-state index contributed by atoms with van der Waals surface area (Å²) in [6, 6.07) is 17.9. The van der Waals surface area contributed by atoms with Gasteiger partial charge in [-0.3, -0.25) is 4.72 Å². The molecule has 3 aromatic carbocycles. The van der Waals surface area contributed by atoms with E-state index in [0.29, 0.717) is 6.07 Å². The maximum atomic E-state index is 12.9. The molecular weight excluding hydrogens is 445 g/mol. The van der Waals surface area contributed by atoms with Gasteiger partial charge in [0.25, 0.3) is 10.0 Å². The molecular formula is C22H15F3N2O2S2. The molecule has 4 rings (SSSR count). The number of hydrogen-bond donors (Lipinski definition) is 1. The van der Waals surface area contributed by atoms with Crippen molar-refractivity contribution in [1.82, 2.24) is 4.98 Å². The van der Waals surface area contributed by atoms with Crippen molar-refractivity contribution in [3.05, 3.63) is 88.9 Å². The molecule has 4 nitrogen and oxygen atoms in total. The van der Waals surface area contributed by atoms with Gasteiger partial charge in [-0.15, -0.1) is 11.3 Å². The number of halogens is 3. The van der Waals surface area contributed by atoms with Crippen molar-refractivity contribution in [3.8, 4) is 0 Å². The van der Waals surface area contributed by atoms with Crippen LogP contribution in [0.25, 0.3) is 22.4 Å². The number of hydrogen-bond acceptors (Lipinski definition) is 4. The highest BCUT2D eigenvalue weighted by atomic mass is 32.2. The van der Waals surface area contributed by atoms with Crippen LogP contribution in [0, 0.1) is 0 Å². The third-order valence-corrected chi connectivity index (χ3v) is 6.74. The van der Waals surface area contributed by atoms with Crippen LogP contribution in [0.3, 0.4) is 0 Å². The molecule has 0 spiro atoms. The van der Waals surface area contributed by atoms with Gasteiger partial charge in [-0.2, -0.15) is 13.2 Å². The van der Waals surface area contributed by atoms with E-state index < -0.39 is 26.7 Å². The van der Waals surface area contributed by atoms with Crippen molar-refractivity contribution in [2.45, 2.75) is 11.1 Å². The summed E-state index contributed by atoms with van der Waals surface area (Å²) in [6.45, 7) is 0. The number of benzene rings is 3. The zero-order valence-corrected chi connectivity index (χ0v) is 17.4. The van der Waals surface area contributed by atoms with Crippen LogP contribution in [0.4, 0.5) is 18.9 Å². The van der Waals surface area contributed by atoms with Gasteiger partial charge in [0.1, 0.15) is 5.01 Å². The number of nitrogens with one attached hydrogen (secondary N) is 1. The molecule has 1 N–H and O–H groups in total. The molecule has 0 atom stereocenters. The summed E-state index contributed by atoms with van der Waals surface area (Å²) in [5.41, 5.74) is 0.966. The van der Waals surface area contributed by atoms with Crippen molar-refractivity contribution in [1.29, 1.82) is 0 Å². The summed E-state index contributed by atoms with van der Waals surface area (Å²) in [4.78, 5) is 4.06. The van der Waals surface area contributed by atoms with Crippen LogP contribution in [0.1, 0.15) is 16.1 Å². The first kappa shape index (κ1) is 21.1. The van der Waals surface area contributed by atoms with E-state index >= 15 is 0 Å². The van der Waals surface area contributed by atoms with Crippen LogP contribution in [0.15, 0.2) is 77.7 Å². The molecule has 1 heterocycles. The Hall–Kier alpha value is -3.17. The first-order valence-corrected chi connectivity index (χ1v) is 11.3. The number of rotatable bonds is 5. The normalized spacial score (nSPS) is 12.5. The van der Waals surface area contributed by atoms with Gasteiger partial charge in [0.05, 0.1) is 20.7 Å². The fourth-order valence-corrected chi connectivity index (χ4v) is 4.82. The van der Waals surface area contributed by atoms with Gasteiger partial charge >= 0.3 is 6.18 Å². The maximum Gasteiger partial charge on any atom is 0.416 e. The maximum absolute atomic E-state index is 12.9. The number of fused-ring (bicyclic) bond motifs is 1. The number of nitrogens with zero attached hydrogens (tertiary/aromatic N) is 1. The lowest BCUT2D eigenvalue weighted by Crippen LogP contribution is -2.14. The summed E-state index contributed by atoms with van der Waals surface area (Å²) in [5, 5.41) is 0.843. The first-order chi connectivity index (χ1) is 14.7. The fraction of sp³-hybridized carbons (Fsp3) is 0.0455. The quantitative estimate of drug-likeness (QED) is 0.381. The van der Waals surface area contributed by atoms with Crippen LogP contribution in [-0.4, -0.2) is 13.4 Å². The Balaban J connectivity index is 1.49. The number of sulfonamides is 1. The Morgan fingerprint density at radius 2 is 1.65 bits per heavy atom. The lowest BCUT2D eigenvalue weighted by atomic mass is 10.2. The first-order valence-electron chi connectivity index (χ1n) is 9.04. The molecule has 1 aromatic heterocycles. The smallest absolute Gasteiger partial charge is 0.280 e. The molecule has 9 heteroatoms. The van der Waals surface area contributed by atoms with E-state index in [4.69, 9.17) is 0 Å². The molecule has 0 aliphatic carbocycles. The van der Waals surface area contributed by atoms with Crippen molar-refractivity contribution in [2.75, 3.05) is 4.72 Å². The lowest BCUT2D eigenvalue weighted by molar-refractivity contribution is -0.137. The Morgan fingerprint density at radius 1 is 0.903 bits per heavy atom. The van der Waals surface area contributed by atoms with E-state index in [1.807, 2.05) is 36.4 Å². The summed E-state index contributed by atoms with van der Waals surface area (Å²) in [7, 11) is -4.16. The molecule has 0 fully saturated rings. The van der Waals surface area contributed by atoms with E-state index in [1.165, 1.54) is 0 Å². The summed E-state index contributed by atoms with van der Waals surface area (Å²) < 4.78 is 66.9. The fourth-order valence-electron chi connectivity index (χ4n) is 2.84. The summed E-state index contributed by atoms with van der Waals surface area (Å²) in [6.07, 6.45) is -0.905. The third-order valence-electron chi connectivity index (χ3n) is 4.36. The van der Waals surface area contributed by atoms with Gasteiger partial charge in [0.15, 0.2) is 0 Å². The molecule has 0 unspecified atom stereocenters. The van der Waals surface area contributed by atoms with Gasteiger partial charge in [0, 0.05) is 5.69 Å². The zero-order chi connectivity index (χ0) is 22.1. The van der Waals surface area contributed by atoms with Crippen molar-refractivity contribution in [3.63, 3.8) is 0 Å². The average molecular weight is 461 g/mol. The largest absolute Gasteiger partial charge is 0.416 e. The van der Waals surface area contributed by atoms with Crippen LogP contribution in [0.2, 0.25) is 0 Å². The van der Waals surface area contributed by atoms with Crippen LogP contribution >= 0.6 is 11.3 Å². The number of anilines is 1. The third kappa shape index (κ3) is 4.95. The van der Waals surface area contributed by atoms with Crippen molar-refractivity contribution in [2.24, 2.45) is 0 Å². The molecule has 0 bridgehead atoms. The van der Waals surface area contributed by atoms with Crippen LogP contribution in [0.5, 0.6) is 0 Å². The second-order valence-electron chi connectivity index (χ2n) is 6.61. The van der Waals surface area contributed by atoms with Gasteiger partial charge in [0.2, 0.25) is 0 Å². The van der Waals surface area contributed by atoms with E-state index in [-0.39, 0.29) is 5.69 Å². The minimum absolute atomic E-state index is 0.245. The Labute approximate surface area is 180 Å². The second kappa shape index (κ2) is 8.16. The highest BCUT2D eigenvalue weighted by molar-refractivity contribution is 7.92. The molecule has 0 saturated carbocycles. The molecule has 158 valence electrons. The minimum Gasteiger partial charge on any atom is -0.280 e. The predicted octanol–water partition coefficient (Wildman–Crippen LogP) is 6.29. The Morgan fingerprint density at radius 3 is 2.35 bits per heavy atom. The standard InChI is InChI=1S/C22H15F3N2O2S2/c23-22(24,25)16-4-3-5-18(14-16)31(28,29)27-17-11-8-15(9-12-17)10-13-21-26-19-6-1-2-7-20(19)30-21/h1-14,27H/b13-10+. The molecule has 4 aromatic rings. The molecule has 0 radical (unpaired) electrons. The Kier molecular flexibility index (Phi) is 5.55. The Bertz CT molecular complexity index is 1330. The van der Waals surface area contributed by atoms with E-state index in [9.17, 15) is 21.6 Å². The average Bonchev–Trinajstić information content (AvgIpc) is 3.16. The monoisotopic (exact) mass is 460 g/mol. The van der Waals surface area contributed by atoms with Crippen molar-refractivity contribution >= 4 is 49.4 Å².